The fraction of sp³-hybridized carbons (Fsp3) is 0.818. The van der Waals surface area contributed by atoms with Gasteiger partial charge in [-0.3, -0.25) is 0 Å². The van der Waals surface area contributed by atoms with Gasteiger partial charge in [0.25, 0.3) is 0 Å². The van der Waals surface area contributed by atoms with Crippen molar-refractivity contribution in [3.05, 3.63) is 47.0 Å². The third-order valence-electron chi connectivity index (χ3n) is 13.1. The molecule has 0 heterocycles. The lowest BCUT2D eigenvalue weighted by atomic mass is 9.89. The molecule has 0 bridgehead atoms. The van der Waals surface area contributed by atoms with Crippen LogP contribution in [0.4, 0.5) is 0 Å². The van der Waals surface area contributed by atoms with Crippen molar-refractivity contribution in [2.45, 2.75) is 290 Å². The van der Waals surface area contributed by atoms with E-state index in [-0.39, 0.29) is 0 Å². The van der Waals surface area contributed by atoms with Crippen molar-refractivity contribution in [1.82, 2.24) is 0 Å². The molecule has 318 valence electrons. The molecule has 0 saturated carbocycles. The van der Waals surface area contributed by atoms with E-state index in [1.807, 2.05) is 0 Å². The quantitative estimate of drug-likeness (QED) is 0.0592. The summed E-state index contributed by atoms with van der Waals surface area (Å²) in [5, 5.41) is 2.94. The molecule has 0 fully saturated rings. The molecule has 0 atom stereocenters. The highest BCUT2D eigenvalue weighted by atomic mass is 14.2. The predicted octanol–water partition coefficient (Wildman–Crippen LogP) is 19.9. The smallest absolute Gasteiger partial charge is 0.0152 e. The van der Waals surface area contributed by atoms with Crippen molar-refractivity contribution in [3.8, 4) is 0 Å². The van der Waals surface area contributed by atoms with Crippen LogP contribution in [0.25, 0.3) is 10.8 Å². The Bertz CT molecular complexity index is 1080. The minimum absolute atomic E-state index is 1.28. The van der Waals surface area contributed by atoms with Crippen LogP contribution in [0.3, 0.4) is 0 Å². The minimum atomic E-state index is 1.28. The van der Waals surface area contributed by atoms with Gasteiger partial charge < -0.3 is 0 Å². The van der Waals surface area contributed by atoms with E-state index in [4.69, 9.17) is 0 Å². The van der Waals surface area contributed by atoms with Gasteiger partial charge in [-0.1, -0.05) is 288 Å². The molecule has 2 rings (SSSR count). The number of rotatable bonds is 42. The lowest BCUT2D eigenvalue weighted by Crippen LogP contribution is -2.00. The van der Waals surface area contributed by atoms with E-state index >= 15 is 0 Å². The van der Waals surface area contributed by atoms with Gasteiger partial charge in [0.05, 0.1) is 0 Å². The van der Waals surface area contributed by atoms with Crippen LogP contribution in [-0.4, -0.2) is 0 Å². The van der Waals surface area contributed by atoms with Crippen LogP contribution in [-0.2, 0) is 12.8 Å². The Morgan fingerprint density at radius 3 is 0.909 bits per heavy atom. The largest absolute Gasteiger partial charge is 0.0654 e. The molecule has 0 heteroatoms. The van der Waals surface area contributed by atoms with E-state index in [0.29, 0.717) is 0 Å². The van der Waals surface area contributed by atoms with Crippen LogP contribution in [0.15, 0.2) is 30.3 Å². The van der Waals surface area contributed by atoms with Gasteiger partial charge in [0.15, 0.2) is 0 Å². The lowest BCUT2D eigenvalue weighted by Gasteiger charge is -2.16. The highest BCUT2D eigenvalue weighted by Crippen LogP contribution is 2.29. The molecule has 0 N–H and O–H groups in total. The lowest BCUT2D eigenvalue weighted by molar-refractivity contribution is 0.521. The van der Waals surface area contributed by atoms with Crippen LogP contribution < -0.4 is 0 Å². The summed E-state index contributed by atoms with van der Waals surface area (Å²) in [7, 11) is 0. The maximum absolute atomic E-state index is 2.56. The van der Waals surface area contributed by atoms with Crippen molar-refractivity contribution in [2.24, 2.45) is 0 Å². The van der Waals surface area contributed by atoms with E-state index in [0.717, 1.165) is 0 Å². The Kier molecular flexibility index (Phi) is 34.6. The number of aryl methyl sites for hydroxylation is 2. The fourth-order valence-corrected chi connectivity index (χ4v) is 9.34. The summed E-state index contributed by atoms with van der Waals surface area (Å²) >= 11 is 0. The van der Waals surface area contributed by atoms with Crippen LogP contribution >= 0.6 is 0 Å². The van der Waals surface area contributed by atoms with Gasteiger partial charge in [0.2, 0.25) is 0 Å². The van der Waals surface area contributed by atoms with Gasteiger partial charge >= 0.3 is 0 Å². The summed E-state index contributed by atoms with van der Waals surface area (Å²) in [6.07, 6.45) is 60.7. The minimum Gasteiger partial charge on any atom is -0.0654 e. The van der Waals surface area contributed by atoms with Gasteiger partial charge in [0, 0.05) is 0 Å². The second-order valence-corrected chi connectivity index (χ2v) is 18.3. The van der Waals surface area contributed by atoms with E-state index in [9.17, 15) is 0 Å². The van der Waals surface area contributed by atoms with Crippen LogP contribution in [0.5, 0.6) is 0 Å². The summed E-state index contributed by atoms with van der Waals surface area (Å²) in [4.78, 5) is 0. The molecular formula is C55H98. The van der Waals surface area contributed by atoms with Gasteiger partial charge in [-0.25, -0.2) is 0 Å². The molecule has 0 radical (unpaired) electrons. The molecule has 2 aromatic rings. The topological polar surface area (TPSA) is 0 Å². The summed E-state index contributed by atoms with van der Waals surface area (Å²) < 4.78 is 0. The zero-order chi connectivity index (χ0) is 39.1. The molecule has 55 heavy (non-hydrogen) atoms. The number of fused-ring (bicyclic) bond motifs is 1. The van der Waals surface area contributed by atoms with Crippen molar-refractivity contribution in [2.75, 3.05) is 0 Å². The number of hydrogen-bond acceptors (Lipinski definition) is 0. The van der Waals surface area contributed by atoms with E-state index in [1.165, 1.54) is 280 Å². The molecule has 0 unspecified atom stereocenters. The monoisotopic (exact) mass is 759 g/mol. The molecule has 0 aliphatic rings. The molecule has 0 saturated heterocycles. The summed E-state index contributed by atoms with van der Waals surface area (Å²) in [5.74, 6) is 0. The number of benzene rings is 2. The number of hydrogen-bond donors (Lipinski definition) is 0. The van der Waals surface area contributed by atoms with Crippen LogP contribution in [0.2, 0.25) is 0 Å². The second-order valence-electron chi connectivity index (χ2n) is 18.3. The van der Waals surface area contributed by atoms with Gasteiger partial charge in [-0.05, 0) is 60.1 Å². The van der Waals surface area contributed by atoms with E-state index in [2.05, 4.69) is 51.1 Å². The molecule has 2 aromatic carbocycles. The van der Waals surface area contributed by atoms with Gasteiger partial charge in [-0.2, -0.15) is 0 Å². The van der Waals surface area contributed by atoms with Crippen LogP contribution in [0, 0.1) is 6.92 Å². The summed E-state index contributed by atoms with van der Waals surface area (Å²) in [5.41, 5.74) is 4.93. The Labute approximate surface area is 347 Å². The molecule has 0 amide bonds. The normalized spacial score (nSPS) is 11.7. The zero-order valence-electron chi connectivity index (χ0n) is 38.1. The number of unbranched alkanes of at least 4 members (excludes halogenated alkanes) is 38. The van der Waals surface area contributed by atoms with E-state index < -0.39 is 0 Å². The molecule has 0 nitrogen and oxygen atoms in total. The second kappa shape index (κ2) is 38.2. The molecule has 0 spiro atoms. The highest BCUT2D eigenvalue weighted by molar-refractivity contribution is 5.87. The molecule has 0 aromatic heterocycles. The Hall–Kier alpha value is -1.30. The van der Waals surface area contributed by atoms with Crippen LogP contribution in [0.1, 0.15) is 287 Å². The molecule has 0 aliphatic heterocycles. The average molecular weight is 759 g/mol. The first-order valence-corrected chi connectivity index (χ1v) is 25.8. The highest BCUT2D eigenvalue weighted by Gasteiger charge is 2.11. The third-order valence-corrected chi connectivity index (χ3v) is 13.1. The predicted molar refractivity (Wildman–Crippen MR) is 252 cm³/mol. The van der Waals surface area contributed by atoms with Gasteiger partial charge in [-0.15, -0.1) is 0 Å². The SMILES string of the molecule is CCCCCCCCCCCCCCCCCCCCCCc1cc2ccccc2c(C)c1CCCCCCCCCCCCCCCCCCCCCC. The van der Waals surface area contributed by atoms with E-state index in [1.54, 1.807) is 16.7 Å². The van der Waals surface area contributed by atoms with Crippen molar-refractivity contribution < 1.29 is 0 Å². The first-order valence-electron chi connectivity index (χ1n) is 25.8. The maximum atomic E-state index is 2.56. The average Bonchev–Trinajstić information content (AvgIpc) is 3.20. The first kappa shape index (κ1) is 49.8. The molecular weight excluding hydrogens is 661 g/mol. The maximum Gasteiger partial charge on any atom is -0.0152 e. The Balaban J connectivity index is 1.46. The van der Waals surface area contributed by atoms with Crippen molar-refractivity contribution in [3.63, 3.8) is 0 Å². The first-order chi connectivity index (χ1) is 27.3. The van der Waals surface area contributed by atoms with Gasteiger partial charge in [0.1, 0.15) is 0 Å². The Morgan fingerprint density at radius 1 is 0.309 bits per heavy atom. The standard InChI is InChI=1S/C55H98/c1-4-6-8-10-12-14-16-18-20-22-24-26-28-30-32-34-36-38-40-42-46-52-50-53-47-44-45-49-55(53)51(3)54(52)48-43-41-39-37-35-33-31-29-27-25-23-21-19-17-15-13-11-9-7-5-2/h44-45,47,49-50H,4-43,46,48H2,1-3H3. The third kappa shape index (κ3) is 27.9. The zero-order valence-corrected chi connectivity index (χ0v) is 38.1. The van der Waals surface area contributed by atoms with Crippen molar-refractivity contribution in [1.29, 1.82) is 0 Å². The van der Waals surface area contributed by atoms with Crippen molar-refractivity contribution >= 4 is 10.8 Å². The summed E-state index contributed by atoms with van der Waals surface area (Å²) in [6.45, 7) is 7.04. The Morgan fingerprint density at radius 2 is 0.582 bits per heavy atom. The fourth-order valence-electron chi connectivity index (χ4n) is 9.34. The molecule has 0 aliphatic carbocycles. The summed E-state index contributed by atoms with van der Waals surface area (Å²) in [6, 6.07) is 11.7.